The molecule has 1 N–H and O–H groups in total. The van der Waals surface area contributed by atoms with Crippen molar-refractivity contribution in [3.05, 3.63) is 35.4 Å². The quantitative estimate of drug-likeness (QED) is 0.847. The molecule has 0 atom stereocenters. The van der Waals surface area contributed by atoms with E-state index in [1.54, 1.807) is 18.2 Å². The van der Waals surface area contributed by atoms with Gasteiger partial charge in [0, 0.05) is 5.56 Å². The average Bonchev–Trinajstić information content (AvgIpc) is 2.20. The molecule has 0 aliphatic carbocycles. The molecular formula is C13H16O3. The zero-order valence-electron chi connectivity index (χ0n) is 9.73. The molecular weight excluding hydrogens is 204 g/mol. The van der Waals surface area contributed by atoms with Crippen molar-refractivity contribution >= 4 is 12.0 Å². The van der Waals surface area contributed by atoms with Crippen LogP contribution >= 0.6 is 0 Å². The van der Waals surface area contributed by atoms with E-state index in [1.807, 2.05) is 32.9 Å². The highest BCUT2D eigenvalue weighted by Gasteiger charge is 2.08. The van der Waals surface area contributed by atoms with Crippen molar-refractivity contribution in [3.63, 3.8) is 0 Å². The van der Waals surface area contributed by atoms with Crippen LogP contribution in [0.1, 0.15) is 36.7 Å². The Bertz CT molecular complexity index is 406. The molecule has 0 aliphatic rings. The van der Waals surface area contributed by atoms with Crippen LogP contribution in [0.2, 0.25) is 0 Å². The topological polar surface area (TPSA) is 46.5 Å². The van der Waals surface area contributed by atoms with E-state index in [9.17, 15) is 4.79 Å². The largest absolute Gasteiger partial charge is 0.490 e. The van der Waals surface area contributed by atoms with Crippen LogP contribution in [0.25, 0.3) is 6.08 Å². The zero-order chi connectivity index (χ0) is 12.1. The second-order valence-electron chi connectivity index (χ2n) is 3.72. The lowest BCUT2D eigenvalue weighted by Crippen LogP contribution is -2.07. The van der Waals surface area contributed by atoms with E-state index in [1.165, 1.54) is 0 Å². The molecule has 0 bridgehead atoms. The van der Waals surface area contributed by atoms with Crippen LogP contribution in [-0.2, 0) is 0 Å². The van der Waals surface area contributed by atoms with Gasteiger partial charge in [0.25, 0.3) is 0 Å². The molecule has 3 heteroatoms. The fourth-order valence-electron chi connectivity index (χ4n) is 1.35. The lowest BCUT2D eigenvalue weighted by atomic mass is 10.1. The summed E-state index contributed by atoms with van der Waals surface area (Å²) in [5.74, 6) is -0.222. The molecule has 3 nitrogen and oxygen atoms in total. The maximum atomic E-state index is 10.8. The van der Waals surface area contributed by atoms with E-state index in [0.717, 1.165) is 5.56 Å². The first kappa shape index (κ1) is 12.3. The molecule has 0 spiro atoms. The van der Waals surface area contributed by atoms with E-state index in [-0.39, 0.29) is 11.7 Å². The second-order valence-corrected chi connectivity index (χ2v) is 3.72. The maximum Gasteiger partial charge on any atom is 0.335 e. The molecule has 0 saturated carbocycles. The molecule has 0 aromatic heterocycles. The summed E-state index contributed by atoms with van der Waals surface area (Å²) in [6.07, 6.45) is 3.76. The van der Waals surface area contributed by atoms with Gasteiger partial charge in [0.1, 0.15) is 5.75 Å². The Kier molecular flexibility index (Phi) is 4.11. The van der Waals surface area contributed by atoms with Crippen LogP contribution in [0.15, 0.2) is 24.3 Å². The fourth-order valence-corrected chi connectivity index (χ4v) is 1.35. The normalized spacial score (nSPS) is 11.0. The number of rotatable bonds is 4. The molecule has 0 radical (unpaired) electrons. The third kappa shape index (κ3) is 3.12. The molecule has 0 saturated heterocycles. The number of benzene rings is 1. The molecule has 1 aromatic rings. The molecule has 86 valence electrons. The maximum absolute atomic E-state index is 10.8. The van der Waals surface area contributed by atoms with Crippen molar-refractivity contribution in [2.24, 2.45) is 0 Å². The Labute approximate surface area is 95.4 Å². The Morgan fingerprint density at radius 2 is 2.12 bits per heavy atom. The smallest absolute Gasteiger partial charge is 0.335 e. The second kappa shape index (κ2) is 5.35. The van der Waals surface area contributed by atoms with E-state index in [4.69, 9.17) is 9.84 Å². The summed E-state index contributed by atoms with van der Waals surface area (Å²) in [5, 5.41) is 8.89. The summed E-state index contributed by atoms with van der Waals surface area (Å²) in [6, 6.07) is 4.85. The van der Waals surface area contributed by atoms with Crippen LogP contribution in [-0.4, -0.2) is 17.2 Å². The predicted molar refractivity (Wildman–Crippen MR) is 63.9 cm³/mol. The SMILES string of the molecule is C/C=C/c1cc(C(=O)O)ccc1OC(C)C. The van der Waals surface area contributed by atoms with Gasteiger partial charge in [0.15, 0.2) is 0 Å². The molecule has 0 amide bonds. The number of aromatic carboxylic acids is 1. The minimum absolute atomic E-state index is 0.0692. The fraction of sp³-hybridized carbons (Fsp3) is 0.308. The van der Waals surface area contributed by atoms with Gasteiger partial charge in [-0.25, -0.2) is 4.79 Å². The number of hydrogen-bond acceptors (Lipinski definition) is 2. The van der Waals surface area contributed by atoms with Crippen molar-refractivity contribution in [2.75, 3.05) is 0 Å². The lowest BCUT2D eigenvalue weighted by Gasteiger charge is -2.12. The van der Waals surface area contributed by atoms with Gasteiger partial charge in [0.05, 0.1) is 11.7 Å². The molecule has 16 heavy (non-hydrogen) atoms. The van der Waals surface area contributed by atoms with Gasteiger partial charge < -0.3 is 9.84 Å². The number of carboxylic acids is 1. The Morgan fingerprint density at radius 3 is 2.62 bits per heavy atom. The van der Waals surface area contributed by atoms with Gasteiger partial charge in [0.2, 0.25) is 0 Å². The molecule has 0 aliphatic heterocycles. The highest BCUT2D eigenvalue weighted by Crippen LogP contribution is 2.23. The summed E-state index contributed by atoms with van der Waals surface area (Å²) in [4.78, 5) is 10.8. The molecule has 1 rings (SSSR count). The van der Waals surface area contributed by atoms with Crippen LogP contribution in [0.3, 0.4) is 0 Å². The van der Waals surface area contributed by atoms with Crippen LogP contribution in [0.5, 0.6) is 5.75 Å². The first-order valence-electron chi connectivity index (χ1n) is 5.21. The number of hydrogen-bond donors (Lipinski definition) is 1. The zero-order valence-corrected chi connectivity index (χ0v) is 9.73. The monoisotopic (exact) mass is 220 g/mol. The standard InChI is InChI=1S/C13H16O3/c1-4-5-10-8-11(13(14)15)6-7-12(10)16-9(2)3/h4-9H,1-3H3,(H,14,15)/b5-4+. The van der Waals surface area contributed by atoms with Gasteiger partial charge in [-0.1, -0.05) is 12.2 Å². The van der Waals surface area contributed by atoms with Crippen LogP contribution < -0.4 is 4.74 Å². The average molecular weight is 220 g/mol. The minimum Gasteiger partial charge on any atom is -0.490 e. The first-order valence-corrected chi connectivity index (χ1v) is 5.21. The summed E-state index contributed by atoms with van der Waals surface area (Å²) in [6.45, 7) is 5.75. The minimum atomic E-state index is -0.929. The molecule has 0 unspecified atom stereocenters. The Morgan fingerprint density at radius 1 is 1.44 bits per heavy atom. The van der Waals surface area contributed by atoms with Gasteiger partial charge in [-0.05, 0) is 39.0 Å². The van der Waals surface area contributed by atoms with Crippen molar-refractivity contribution in [1.82, 2.24) is 0 Å². The number of carbonyl (C=O) groups is 1. The summed E-state index contributed by atoms with van der Waals surface area (Å²) in [7, 11) is 0. The third-order valence-corrected chi connectivity index (χ3v) is 1.97. The predicted octanol–water partition coefficient (Wildman–Crippen LogP) is 3.21. The molecule has 0 fully saturated rings. The summed E-state index contributed by atoms with van der Waals surface area (Å²) in [5.41, 5.74) is 1.06. The highest BCUT2D eigenvalue weighted by atomic mass is 16.5. The van der Waals surface area contributed by atoms with Crippen molar-refractivity contribution in [1.29, 1.82) is 0 Å². The van der Waals surface area contributed by atoms with Gasteiger partial charge >= 0.3 is 5.97 Å². The van der Waals surface area contributed by atoms with Crippen molar-refractivity contribution in [3.8, 4) is 5.75 Å². The summed E-state index contributed by atoms with van der Waals surface area (Å²) >= 11 is 0. The van der Waals surface area contributed by atoms with Crippen LogP contribution in [0.4, 0.5) is 0 Å². The summed E-state index contributed by atoms with van der Waals surface area (Å²) < 4.78 is 5.59. The lowest BCUT2D eigenvalue weighted by molar-refractivity contribution is 0.0697. The van der Waals surface area contributed by atoms with E-state index in [0.29, 0.717) is 5.75 Å². The number of carboxylic acid groups (broad SMARTS) is 1. The number of ether oxygens (including phenoxy) is 1. The first-order chi connectivity index (χ1) is 7.54. The molecule has 1 aromatic carbocycles. The third-order valence-electron chi connectivity index (χ3n) is 1.97. The van der Waals surface area contributed by atoms with Gasteiger partial charge in [-0.15, -0.1) is 0 Å². The molecule has 0 heterocycles. The van der Waals surface area contributed by atoms with Gasteiger partial charge in [-0.3, -0.25) is 0 Å². The Balaban J connectivity index is 3.13. The van der Waals surface area contributed by atoms with E-state index >= 15 is 0 Å². The number of allylic oxidation sites excluding steroid dienone is 1. The van der Waals surface area contributed by atoms with Crippen molar-refractivity contribution in [2.45, 2.75) is 26.9 Å². The van der Waals surface area contributed by atoms with E-state index in [2.05, 4.69) is 0 Å². The van der Waals surface area contributed by atoms with E-state index < -0.39 is 5.97 Å². The Hall–Kier alpha value is -1.77. The highest BCUT2D eigenvalue weighted by molar-refractivity contribution is 5.88. The van der Waals surface area contributed by atoms with Gasteiger partial charge in [-0.2, -0.15) is 0 Å². The van der Waals surface area contributed by atoms with Crippen LogP contribution in [0, 0.1) is 0 Å². The van der Waals surface area contributed by atoms with Crippen molar-refractivity contribution < 1.29 is 14.6 Å².